The molecule has 0 aliphatic carbocycles. The fourth-order valence-electron chi connectivity index (χ4n) is 2.54. The van der Waals surface area contributed by atoms with Crippen LogP contribution in [0.3, 0.4) is 0 Å². The molecule has 0 amide bonds. The Morgan fingerprint density at radius 3 is 2.82 bits per heavy atom. The summed E-state index contributed by atoms with van der Waals surface area (Å²) in [6.07, 6.45) is 1.55. The summed E-state index contributed by atoms with van der Waals surface area (Å²) in [5, 5.41) is 0. The van der Waals surface area contributed by atoms with Crippen LogP contribution in [-0.2, 0) is 21.1 Å². The average Bonchev–Trinajstić information content (AvgIpc) is 3.10. The van der Waals surface area contributed by atoms with Crippen molar-refractivity contribution in [3.05, 3.63) is 47.0 Å². The lowest BCUT2D eigenvalue weighted by Gasteiger charge is -2.20. The van der Waals surface area contributed by atoms with E-state index in [2.05, 4.69) is 15.0 Å². The monoisotopic (exact) mass is 422 g/mol. The third-order valence-electron chi connectivity index (χ3n) is 3.98. The topological polar surface area (TPSA) is 117 Å². The summed E-state index contributed by atoms with van der Waals surface area (Å²) >= 11 is 5.26. The first-order valence-corrected chi connectivity index (χ1v) is 10.9. The van der Waals surface area contributed by atoms with E-state index in [0.717, 1.165) is 0 Å². The van der Waals surface area contributed by atoms with Crippen molar-refractivity contribution in [2.24, 2.45) is 0 Å². The van der Waals surface area contributed by atoms with Gasteiger partial charge in [0.1, 0.15) is 12.8 Å². The van der Waals surface area contributed by atoms with Crippen molar-refractivity contribution in [1.82, 2.24) is 19.5 Å². The average molecular weight is 422 g/mol. The number of nitrogens with one attached hydrogen (secondary N) is 1. The molecule has 0 aliphatic rings. The molecule has 0 radical (unpaired) electrons. The van der Waals surface area contributed by atoms with Crippen LogP contribution in [0, 0.1) is 0 Å². The smallest absolute Gasteiger partial charge is 0.369 e. The second kappa shape index (κ2) is 9.20. The third kappa shape index (κ3) is 4.90. The molecular weight excluding hydrogens is 401 g/mol. The Kier molecular flexibility index (Phi) is 6.69. The van der Waals surface area contributed by atoms with E-state index < -0.39 is 18.9 Å². The summed E-state index contributed by atoms with van der Waals surface area (Å²) in [5.41, 5.74) is 5.81. The molecule has 0 spiro atoms. The molecule has 0 saturated carbocycles. The summed E-state index contributed by atoms with van der Waals surface area (Å²) in [4.78, 5) is 22.6. The number of imidazole rings is 1. The quantitative estimate of drug-likeness (QED) is 0.506. The summed E-state index contributed by atoms with van der Waals surface area (Å²) < 4.78 is 19.0. The highest BCUT2D eigenvalue weighted by molar-refractivity contribution is 8.00. The first kappa shape index (κ1) is 20.3. The summed E-state index contributed by atoms with van der Waals surface area (Å²) in [5.74, 6) is 0.696. The number of hydrogen-bond donors (Lipinski definition) is 2. The number of benzene rings is 1. The fraction of sp³-hybridized carbons (Fsp3) is 0.353. The highest BCUT2D eigenvalue weighted by atomic mass is 32.4. The van der Waals surface area contributed by atoms with Gasteiger partial charge in [0.15, 0.2) is 16.9 Å². The summed E-state index contributed by atoms with van der Waals surface area (Å²) in [7, 11) is -1.49. The first-order chi connectivity index (χ1) is 13.5. The molecule has 28 heavy (non-hydrogen) atoms. The van der Waals surface area contributed by atoms with Gasteiger partial charge in [-0.1, -0.05) is 25.1 Å². The van der Waals surface area contributed by atoms with E-state index in [1.807, 2.05) is 44.2 Å². The minimum Gasteiger partial charge on any atom is -0.369 e. The summed E-state index contributed by atoms with van der Waals surface area (Å²) in [6.45, 7) is 4.10. The number of ether oxygens (including phenoxy) is 1. The molecule has 1 unspecified atom stereocenters. The molecule has 0 bridgehead atoms. The largest absolute Gasteiger partial charge is 0.573 e. The molecule has 11 heteroatoms. The van der Waals surface area contributed by atoms with E-state index in [1.165, 1.54) is 6.33 Å². The van der Waals surface area contributed by atoms with E-state index in [4.69, 9.17) is 31.3 Å². The molecule has 0 aliphatic heterocycles. The molecular formula is C17H21N5O4PS+. The second-order valence-electron chi connectivity index (χ2n) is 5.96. The van der Waals surface area contributed by atoms with E-state index in [1.54, 1.807) is 4.57 Å². The molecule has 148 valence electrons. The second-order valence-corrected chi connectivity index (χ2v) is 7.75. The Balaban J connectivity index is 1.61. The molecule has 1 aromatic carbocycles. The molecule has 0 fully saturated rings. The fourth-order valence-corrected chi connectivity index (χ4v) is 3.62. The lowest BCUT2D eigenvalue weighted by Crippen LogP contribution is -2.23. The van der Waals surface area contributed by atoms with E-state index in [9.17, 15) is 4.79 Å². The van der Waals surface area contributed by atoms with Crippen LogP contribution in [-0.4, -0.2) is 32.2 Å². The predicted octanol–water partition coefficient (Wildman–Crippen LogP) is 2.88. The van der Waals surface area contributed by atoms with Crippen molar-refractivity contribution in [3.63, 3.8) is 0 Å². The molecule has 3 rings (SSSR count). The van der Waals surface area contributed by atoms with Crippen LogP contribution in [0.1, 0.15) is 26.5 Å². The van der Waals surface area contributed by atoms with Gasteiger partial charge in [-0.3, -0.25) is 18.9 Å². The zero-order chi connectivity index (χ0) is 20.1. The van der Waals surface area contributed by atoms with Crippen molar-refractivity contribution in [3.8, 4) is 5.75 Å². The first-order valence-electron chi connectivity index (χ1n) is 8.69. The SMILES string of the molecule is CC[C@@H](CO[P+](=S)Oc1ccccc1)O[C@H](C)n1cnc2c(=O)[nH]c(N)nc21. The van der Waals surface area contributed by atoms with Crippen LogP contribution in [0.15, 0.2) is 41.5 Å². The Hall–Kier alpha value is -2.39. The molecule has 2 aromatic heterocycles. The number of nitrogens with two attached hydrogens (primary N) is 1. The van der Waals surface area contributed by atoms with Gasteiger partial charge in [0.25, 0.3) is 5.56 Å². The van der Waals surface area contributed by atoms with Gasteiger partial charge in [0, 0.05) is 0 Å². The Bertz CT molecular complexity index is 1010. The highest BCUT2D eigenvalue weighted by Gasteiger charge is 2.22. The van der Waals surface area contributed by atoms with Gasteiger partial charge in [0.05, 0.1) is 12.4 Å². The third-order valence-corrected chi connectivity index (χ3v) is 5.24. The number of para-hydroxylation sites is 1. The maximum Gasteiger partial charge on any atom is 0.573 e. The van der Waals surface area contributed by atoms with E-state index in [-0.39, 0.29) is 24.2 Å². The maximum atomic E-state index is 11.9. The maximum absolute atomic E-state index is 11.9. The molecule has 2 heterocycles. The van der Waals surface area contributed by atoms with Crippen LogP contribution in [0.5, 0.6) is 5.75 Å². The molecule has 3 N–H and O–H groups in total. The van der Waals surface area contributed by atoms with Crippen molar-refractivity contribution in [2.45, 2.75) is 32.6 Å². The van der Waals surface area contributed by atoms with E-state index in [0.29, 0.717) is 17.8 Å². The lowest BCUT2D eigenvalue weighted by molar-refractivity contribution is -0.0594. The van der Waals surface area contributed by atoms with Crippen molar-refractivity contribution < 1.29 is 13.8 Å². The van der Waals surface area contributed by atoms with Crippen LogP contribution >= 0.6 is 7.15 Å². The van der Waals surface area contributed by atoms with Gasteiger partial charge in [-0.05, 0) is 25.5 Å². The minimum absolute atomic E-state index is 0.0247. The van der Waals surface area contributed by atoms with Gasteiger partial charge in [-0.25, -0.2) is 4.98 Å². The zero-order valence-electron chi connectivity index (χ0n) is 15.4. The number of fused-ring (bicyclic) bond motifs is 1. The highest BCUT2D eigenvalue weighted by Crippen LogP contribution is 2.29. The van der Waals surface area contributed by atoms with Crippen molar-refractivity contribution in [2.75, 3.05) is 12.3 Å². The van der Waals surface area contributed by atoms with Gasteiger partial charge in [-0.15, -0.1) is 4.52 Å². The van der Waals surface area contributed by atoms with Crippen molar-refractivity contribution in [1.29, 1.82) is 0 Å². The van der Waals surface area contributed by atoms with Crippen LogP contribution in [0.25, 0.3) is 11.2 Å². The van der Waals surface area contributed by atoms with E-state index >= 15 is 0 Å². The number of anilines is 1. The summed E-state index contributed by atoms with van der Waals surface area (Å²) in [6, 6.07) is 9.29. The molecule has 3 aromatic rings. The van der Waals surface area contributed by atoms with Crippen LogP contribution in [0.2, 0.25) is 0 Å². The Morgan fingerprint density at radius 1 is 1.36 bits per heavy atom. The lowest BCUT2D eigenvalue weighted by atomic mass is 10.3. The number of nitrogens with zero attached hydrogens (tertiary/aromatic N) is 3. The van der Waals surface area contributed by atoms with Gasteiger partial charge in [0.2, 0.25) is 17.8 Å². The minimum atomic E-state index is -1.49. The number of hydrogen-bond acceptors (Lipinski definition) is 8. The number of H-pyrrole nitrogens is 1. The molecule has 0 saturated heterocycles. The number of rotatable bonds is 9. The Morgan fingerprint density at radius 2 is 2.11 bits per heavy atom. The molecule has 9 nitrogen and oxygen atoms in total. The Labute approximate surface area is 167 Å². The predicted molar refractivity (Wildman–Crippen MR) is 110 cm³/mol. The normalized spacial score (nSPS) is 14.0. The molecule has 3 atom stereocenters. The van der Waals surface area contributed by atoms with Gasteiger partial charge >= 0.3 is 7.15 Å². The van der Waals surface area contributed by atoms with Crippen LogP contribution < -0.4 is 15.8 Å². The van der Waals surface area contributed by atoms with Gasteiger partial charge < -0.3 is 10.5 Å². The number of aromatic amines is 1. The van der Waals surface area contributed by atoms with Crippen LogP contribution in [0.4, 0.5) is 5.95 Å². The zero-order valence-corrected chi connectivity index (χ0v) is 17.2. The van der Waals surface area contributed by atoms with Crippen molar-refractivity contribution >= 4 is 36.1 Å². The number of aromatic nitrogens is 4. The standard InChI is InChI=1S/C17H20N5O4PS/c1-3-12(9-24-27(28)26-13-7-5-4-6-8-13)25-11(2)22-10-19-14-15(22)20-17(18)21-16(14)23/h4-8,10-12H,3,9H2,1-2H3,(H2-,18,20,21,23)/p+1/t11-,12+/m1/s1. The number of nitrogen functional groups attached to an aromatic ring is 1. The van der Waals surface area contributed by atoms with Gasteiger partial charge in [-0.2, -0.15) is 4.98 Å².